The standard InChI is InChI=1S/C12H8ClFO/c13-12(14)11(15)10-6-5-8-3-1-2-4-9(8)7-10/h1-7,12H. The monoisotopic (exact) mass is 222 g/mol. The molecular formula is C12H8ClFO. The quantitative estimate of drug-likeness (QED) is 0.561. The molecule has 0 aromatic heterocycles. The molecule has 0 bridgehead atoms. The van der Waals surface area contributed by atoms with Crippen molar-refractivity contribution in [2.45, 2.75) is 5.63 Å². The first-order valence-electron chi connectivity index (χ1n) is 4.49. The lowest BCUT2D eigenvalue weighted by molar-refractivity contribution is 0.0934. The fourth-order valence-corrected chi connectivity index (χ4v) is 1.59. The largest absolute Gasteiger partial charge is 0.289 e. The van der Waals surface area contributed by atoms with E-state index in [0.29, 0.717) is 5.56 Å². The van der Waals surface area contributed by atoms with Crippen LogP contribution in [0.5, 0.6) is 0 Å². The lowest BCUT2D eigenvalue weighted by Crippen LogP contribution is -2.08. The summed E-state index contributed by atoms with van der Waals surface area (Å²) in [5, 5.41) is 1.92. The molecule has 1 unspecified atom stereocenters. The molecule has 3 heteroatoms. The average Bonchev–Trinajstić information content (AvgIpc) is 2.27. The third-order valence-corrected chi connectivity index (χ3v) is 2.43. The van der Waals surface area contributed by atoms with Crippen molar-refractivity contribution < 1.29 is 9.18 Å². The van der Waals surface area contributed by atoms with E-state index in [9.17, 15) is 9.18 Å². The Kier molecular flexibility index (Phi) is 2.69. The molecule has 1 nitrogen and oxygen atoms in total. The van der Waals surface area contributed by atoms with Gasteiger partial charge in [-0.3, -0.25) is 4.79 Å². The molecule has 15 heavy (non-hydrogen) atoms. The molecule has 0 saturated heterocycles. The second-order valence-electron chi connectivity index (χ2n) is 3.23. The van der Waals surface area contributed by atoms with Gasteiger partial charge in [0.15, 0.2) is 0 Å². The first-order chi connectivity index (χ1) is 7.18. The topological polar surface area (TPSA) is 17.1 Å². The van der Waals surface area contributed by atoms with Gasteiger partial charge in [0, 0.05) is 5.56 Å². The van der Waals surface area contributed by atoms with Crippen LogP contribution in [0.3, 0.4) is 0 Å². The van der Waals surface area contributed by atoms with Crippen molar-refractivity contribution in [1.29, 1.82) is 0 Å². The Hall–Kier alpha value is -1.41. The van der Waals surface area contributed by atoms with Crippen molar-refractivity contribution in [2.24, 2.45) is 0 Å². The molecule has 1 atom stereocenters. The number of carbonyl (C=O) groups excluding carboxylic acids is 1. The van der Waals surface area contributed by atoms with Crippen molar-refractivity contribution >= 4 is 28.2 Å². The molecule has 0 spiro atoms. The zero-order valence-corrected chi connectivity index (χ0v) is 8.54. The fraction of sp³-hybridized carbons (Fsp3) is 0.0833. The number of rotatable bonds is 2. The van der Waals surface area contributed by atoms with Crippen LogP contribution in [0.15, 0.2) is 42.5 Å². The lowest BCUT2D eigenvalue weighted by atomic mass is 10.1. The van der Waals surface area contributed by atoms with Gasteiger partial charge in [0.2, 0.25) is 11.4 Å². The summed E-state index contributed by atoms with van der Waals surface area (Å²) in [6.45, 7) is 0. The molecule has 76 valence electrons. The van der Waals surface area contributed by atoms with Gasteiger partial charge in [-0.25, -0.2) is 4.39 Å². The van der Waals surface area contributed by atoms with E-state index in [2.05, 4.69) is 0 Å². The van der Waals surface area contributed by atoms with Crippen LogP contribution in [0.1, 0.15) is 10.4 Å². The predicted octanol–water partition coefficient (Wildman–Crippen LogP) is 3.56. The summed E-state index contributed by atoms with van der Waals surface area (Å²) in [5.74, 6) is -0.692. The Balaban J connectivity index is 2.52. The highest BCUT2D eigenvalue weighted by Gasteiger charge is 2.15. The average molecular weight is 223 g/mol. The van der Waals surface area contributed by atoms with Gasteiger partial charge in [0.1, 0.15) is 0 Å². The SMILES string of the molecule is O=C(c1ccc2ccccc2c1)C(F)Cl. The van der Waals surface area contributed by atoms with E-state index < -0.39 is 11.4 Å². The number of Topliss-reactive ketones (excluding diaryl/α,β-unsaturated/α-hetero) is 1. The molecule has 0 N–H and O–H groups in total. The van der Waals surface area contributed by atoms with E-state index in [1.165, 1.54) is 0 Å². The zero-order valence-electron chi connectivity index (χ0n) is 7.78. The maximum absolute atomic E-state index is 12.6. The van der Waals surface area contributed by atoms with Crippen LogP contribution >= 0.6 is 11.6 Å². The number of benzene rings is 2. The smallest absolute Gasteiger partial charge is 0.235 e. The minimum absolute atomic E-state index is 0.302. The van der Waals surface area contributed by atoms with Crippen molar-refractivity contribution in [2.75, 3.05) is 0 Å². The van der Waals surface area contributed by atoms with E-state index in [-0.39, 0.29) is 0 Å². The summed E-state index contributed by atoms with van der Waals surface area (Å²) >= 11 is 5.10. The van der Waals surface area contributed by atoms with Gasteiger partial charge in [-0.05, 0) is 16.8 Å². The van der Waals surface area contributed by atoms with Gasteiger partial charge >= 0.3 is 0 Å². The van der Waals surface area contributed by atoms with Crippen molar-refractivity contribution in [3.63, 3.8) is 0 Å². The second-order valence-corrected chi connectivity index (χ2v) is 3.61. The molecule has 2 aromatic rings. The van der Waals surface area contributed by atoms with Crippen molar-refractivity contribution in [1.82, 2.24) is 0 Å². The number of ketones is 1. The molecule has 2 rings (SSSR count). The first kappa shape index (κ1) is 10.1. The Morgan fingerprint density at radius 1 is 1.13 bits per heavy atom. The minimum Gasteiger partial charge on any atom is -0.289 e. The molecule has 0 fully saturated rings. The molecule has 0 heterocycles. The van der Waals surface area contributed by atoms with E-state index >= 15 is 0 Å². The molecule has 0 saturated carbocycles. The number of hydrogen-bond acceptors (Lipinski definition) is 1. The highest BCUT2D eigenvalue weighted by atomic mass is 35.5. The summed E-state index contributed by atoms with van der Waals surface area (Å²) in [6, 6.07) is 12.6. The summed E-state index contributed by atoms with van der Waals surface area (Å²) in [7, 11) is 0. The zero-order chi connectivity index (χ0) is 10.8. The third kappa shape index (κ3) is 2.00. The summed E-state index contributed by atoms with van der Waals surface area (Å²) in [6.07, 6.45) is 0. The molecule has 0 aliphatic carbocycles. The number of halogens is 2. The Morgan fingerprint density at radius 2 is 1.80 bits per heavy atom. The van der Waals surface area contributed by atoms with Gasteiger partial charge < -0.3 is 0 Å². The first-order valence-corrected chi connectivity index (χ1v) is 4.93. The van der Waals surface area contributed by atoms with Crippen LogP contribution in [0.2, 0.25) is 0 Å². The van der Waals surface area contributed by atoms with Crippen LogP contribution in [0.25, 0.3) is 10.8 Å². The minimum atomic E-state index is -1.97. The normalized spacial score (nSPS) is 12.7. The van der Waals surface area contributed by atoms with Crippen molar-refractivity contribution in [3.05, 3.63) is 48.0 Å². The summed E-state index contributed by atoms with van der Waals surface area (Å²) in [4.78, 5) is 11.3. The molecular weight excluding hydrogens is 215 g/mol. The van der Waals surface area contributed by atoms with Gasteiger partial charge in [0.05, 0.1) is 0 Å². The number of fused-ring (bicyclic) bond motifs is 1. The lowest BCUT2D eigenvalue weighted by Gasteiger charge is -2.02. The van der Waals surface area contributed by atoms with Crippen LogP contribution in [-0.2, 0) is 0 Å². The van der Waals surface area contributed by atoms with Crippen molar-refractivity contribution in [3.8, 4) is 0 Å². The fourth-order valence-electron chi connectivity index (χ4n) is 1.47. The highest BCUT2D eigenvalue weighted by molar-refractivity contribution is 6.32. The van der Waals surface area contributed by atoms with Gasteiger partial charge in [-0.2, -0.15) is 0 Å². The Labute approximate surface area is 91.5 Å². The van der Waals surface area contributed by atoms with E-state index in [1.807, 2.05) is 24.3 Å². The van der Waals surface area contributed by atoms with Crippen LogP contribution in [0, 0.1) is 0 Å². The second kappa shape index (κ2) is 3.99. The van der Waals surface area contributed by atoms with Crippen LogP contribution < -0.4 is 0 Å². The predicted molar refractivity (Wildman–Crippen MR) is 59.0 cm³/mol. The van der Waals surface area contributed by atoms with E-state index in [1.54, 1.807) is 18.2 Å². The molecule has 0 aliphatic rings. The molecule has 2 aromatic carbocycles. The maximum Gasteiger partial charge on any atom is 0.235 e. The third-order valence-electron chi connectivity index (χ3n) is 2.23. The van der Waals surface area contributed by atoms with E-state index in [0.717, 1.165) is 10.8 Å². The Morgan fingerprint density at radius 3 is 2.47 bits per heavy atom. The van der Waals surface area contributed by atoms with Gasteiger partial charge in [0.25, 0.3) is 0 Å². The van der Waals surface area contributed by atoms with Gasteiger partial charge in [-0.15, -0.1) is 0 Å². The van der Waals surface area contributed by atoms with Crippen LogP contribution in [-0.4, -0.2) is 11.4 Å². The number of carbonyl (C=O) groups is 1. The van der Waals surface area contributed by atoms with Crippen LogP contribution in [0.4, 0.5) is 4.39 Å². The van der Waals surface area contributed by atoms with Gasteiger partial charge in [-0.1, -0.05) is 48.0 Å². The molecule has 0 amide bonds. The Bertz CT molecular complexity index is 508. The maximum atomic E-state index is 12.6. The number of hydrogen-bond donors (Lipinski definition) is 0. The summed E-state index contributed by atoms with van der Waals surface area (Å²) < 4.78 is 12.6. The van der Waals surface area contributed by atoms with E-state index in [4.69, 9.17) is 11.6 Å². The highest BCUT2D eigenvalue weighted by Crippen LogP contribution is 2.18. The number of alkyl halides is 2. The molecule has 0 radical (unpaired) electrons. The molecule has 0 aliphatic heterocycles. The summed E-state index contributed by atoms with van der Waals surface area (Å²) in [5.41, 5.74) is -1.66.